The van der Waals surface area contributed by atoms with Crippen molar-refractivity contribution in [1.29, 1.82) is 5.26 Å². The molecule has 0 amide bonds. The molecule has 1 aliphatic heterocycles. The molecule has 1 aromatic carbocycles. The van der Waals surface area contributed by atoms with E-state index in [-0.39, 0.29) is 17.8 Å². The monoisotopic (exact) mass is 453 g/mol. The van der Waals surface area contributed by atoms with Crippen molar-refractivity contribution in [3.63, 3.8) is 0 Å². The Morgan fingerprint density at radius 2 is 1.79 bits per heavy atom. The second-order valence-electron chi connectivity index (χ2n) is 8.78. The van der Waals surface area contributed by atoms with Crippen molar-refractivity contribution in [2.75, 3.05) is 23.7 Å². The normalized spacial score (nSPS) is 14.0. The second-order valence-corrected chi connectivity index (χ2v) is 8.78. The van der Waals surface area contributed by atoms with Crippen LogP contribution in [0.5, 0.6) is 0 Å². The number of nitrogens with zero attached hydrogens (tertiary/aromatic N) is 7. The minimum atomic E-state index is -0.737. The summed E-state index contributed by atoms with van der Waals surface area (Å²) in [5, 5.41) is 17.7. The first-order valence-electron chi connectivity index (χ1n) is 10.8. The van der Waals surface area contributed by atoms with Gasteiger partial charge in [-0.2, -0.15) is 5.26 Å². The second kappa shape index (κ2) is 8.20. The molecule has 10 heteroatoms. The fourth-order valence-corrected chi connectivity index (χ4v) is 3.66. The van der Waals surface area contributed by atoms with Gasteiger partial charge in [0.25, 0.3) is 5.89 Å². The van der Waals surface area contributed by atoms with Crippen LogP contribution in [0.15, 0.2) is 53.2 Å². The van der Waals surface area contributed by atoms with Gasteiger partial charge in [-0.05, 0) is 50.2 Å². The number of aromatic nitrogens is 5. The maximum absolute atomic E-state index is 9.43. The van der Waals surface area contributed by atoms with E-state index in [2.05, 4.69) is 36.1 Å². The smallest absolute Gasteiger partial charge is 0.270 e. The van der Waals surface area contributed by atoms with Crippen molar-refractivity contribution in [1.82, 2.24) is 25.1 Å². The number of nitriles is 1. The maximum Gasteiger partial charge on any atom is 0.270 e. The zero-order valence-electron chi connectivity index (χ0n) is 18.8. The maximum atomic E-state index is 9.43. The summed E-state index contributed by atoms with van der Waals surface area (Å²) in [5.74, 6) is 0.705. The molecule has 170 valence electrons. The molecule has 4 N–H and O–H groups in total. The Labute approximate surface area is 196 Å². The SMILES string of the molecule is CC(C)(C#N)c1cc(-c2cnc(N)c(-c3nnc(-c4ccc(N5CC(N)C5)cc4)o3)n2)ccn1. The number of hydrogen-bond acceptors (Lipinski definition) is 10. The standard InChI is InChI=1S/C24H23N9O/c1-24(2,13-25)19-9-15(7-8-28-19)18-10-29-21(27)20(30-18)23-32-31-22(34-23)14-3-5-17(6-4-14)33-11-16(26)12-33/h3-10,16H,11-12,26H2,1-2H3,(H2,27,29). The van der Waals surface area contributed by atoms with E-state index in [0.29, 0.717) is 23.0 Å². The number of rotatable bonds is 5. The molecule has 0 unspecified atom stereocenters. The molecular formula is C24H23N9O. The molecule has 4 aromatic rings. The molecule has 3 aromatic heterocycles. The summed E-state index contributed by atoms with van der Waals surface area (Å²) in [5.41, 5.74) is 15.3. The van der Waals surface area contributed by atoms with Crippen LogP contribution in [0, 0.1) is 11.3 Å². The Kier molecular flexibility index (Phi) is 5.18. The molecule has 0 bridgehead atoms. The number of benzene rings is 1. The summed E-state index contributed by atoms with van der Waals surface area (Å²) in [4.78, 5) is 15.4. The van der Waals surface area contributed by atoms with E-state index in [4.69, 9.17) is 15.9 Å². The lowest BCUT2D eigenvalue weighted by Gasteiger charge is -2.38. The third-order valence-corrected chi connectivity index (χ3v) is 5.79. The van der Waals surface area contributed by atoms with E-state index < -0.39 is 5.41 Å². The van der Waals surface area contributed by atoms with E-state index in [9.17, 15) is 5.26 Å². The molecule has 1 saturated heterocycles. The van der Waals surface area contributed by atoms with Crippen LogP contribution in [0.25, 0.3) is 34.3 Å². The summed E-state index contributed by atoms with van der Waals surface area (Å²) < 4.78 is 5.89. The minimum Gasteiger partial charge on any atom is -0.414 e. The van der Waals surface area contributed by atoms with Crippen LogP contribution in [0.1, 0.15) is 19.5 Å². The first-order valence-corrected chi connectivity index (χ1v) is 10.8. The van der Waals surface area contributed by atoms with Crippen LogP contribution in [-0.2, 0) is 5.41 Å². The highest BCUT2D eigenvalue weighted by molar-refractivity contribution is 5.69. The van der Waals surface area contributed by atoms with Crippen molar-refractivity contribution < 1.29 is 4.42 Å². The van der Waals surface area contributed by atoms with Gasteiger partial charge < -0.3 is 20.8 Å². The number of pyridine rings is 1. The van der Waals surface area contributed by atoms with Crippen LogP contribution in [0.2, 0.25) is 0 Å². The highest BCUT2D eigenvalue weighted by Crippen LogP contribution is 2.30. The summed E-state index contributed by atoms with van der Waals surface area (Å²) in [6, 6.07) is 14.0. The Morgan fingerprint density at radius 1 is 1.06 bits per heavy atom. The number of nitrogens with two attached hydrogens (primary N) is 2. The van der Waals surface area contributed by atoms with Crippen LogP contribution in [0.3, 0.4) is 0 Å². The Balaban J connectivity index is 1.43. The molecule has 34 heavy (non-hydrogen) atoms. The topological polar surface area (TPSA) is 157 Å². The zero-order chi connectivity index (χ0) is 23.9. The molecule has 0 radical (unpaired) electrons. The van der Waals surface area contributed by atoms with E-state index in [0.717, 1.165) is 29.9 Å². The van der Waals surface area contributed by atoms with Gasteiger partial charge in [-0.1, -0.05) is 0 Å². The first-order chi connectivity index (χ1) is 16.3. The third kappa shape index (κ3) is 3.93. The third-order valence-electron chi connectivity index (χ3n) is 5.79. The van der Waals surface area contributed by atoms with Crippen LogP contribution in [0.4, 0.5) is 11.5 Å². The minimum absolute atomic E-state index is 0.172. The van der Waals surface area contributed by atoms with Gasteiger partial charge >= 0.3 is 0 Å². The van der Waals surface area contributed by atoms with Gasteiger partial charge in [0, 0.05) is 42.1 Å². The van der Waals surface area contributed by atoms with Crippen molar-refractivity contribution >= 4 is 11.5 Å². The summed E-state index contributed by atoms with van der Waals surface area (Å²) >= 11 is 0. The molecule has 5 rings (SSSR count). The van der Waals surface area contributed by atoms with Gasteiger partial charge in [-0.15, -0.1) is 10.2 Å². The molecule has 0 aliphatic carbocycles. The lowest BCUT2D eigenvalue weighted by Crippen LogP contribution is -2.55. The predicted molar refractivity (Wildman–Crippen MR) is 127 cm³/mol. The molecule has 10 nitrogen and oxygen atoms in total. The average molecular weight is 454 g/mol. The van der Waals surface area contributed by atoms with Gasteiger partial charge in [0.15, 0.2) is 11.5 Å². The lowest BCUT2D eigenvalue weighted by molar-refractivity contribution is 0.519. The molecule has 0 atom stereocenters. The number of nitrogen functional groups attached to an aromatic ring is 1. The van der Waals surface area contributed by atoms with Gasteiger partial charge in [0.1, 0.15) is 0 Å². The first kappa shape index (κ1) is 21.5. The number of anilines is 2. The van der Waals surface area contributed by atoms with Crippen molar-refractivity contribution in [2.45, 2.75) is 25.3 Å². The van der Waals surface area contributed by atoms with Gasteiger partial charge in [0.2, 0.25) is 5.89 Å². The largest absolute Gasteiger partial charge is 0.414 e. The molecule has 1 aliphatic rings. The number of hydrogen-bond donors (Lipinski definition) is 2. The summed E-state index contributed by atoms with van der Waals surface area (Å²) in [7, 11) is 0. The van der Waals surface area contributed by atoms with Crippen LogP contribution in [-0.4, -0.2) is 44.3 Å². The fraction of sp³-hybridized carbons (Fsp3) is 0.250. The molecule has 1 fully saturated rings. The summed E-state index contributed by atoms with van der Waals surface area (Å²) in [6.07, 6.45) is 3.21. The zero-order valence-corrected chi connectivity index (χ0v) is 18.8. The van der Waals surface area contributed by atoms with E-state index >= 15 is 0 Å². The van der Waals surface area contributed by atoms with Gasteiger partial charge in [-0.3, -0.25) is 4.98 Å². The highest BCUT2D eigenvalue weighted by atomic mass is 16.4. The quantitative estimate of drug-likeness (QED) is 0.460. The van der Waals surface area contributed by atoms with Gasteiger partial charge in [-0.25, -0.2) is 9.97 Å². The summed E-state index contributed by atoms with van der Waals surface area (Å²) in [6.45, 7) is 5.32. The fourth-order valence-electron chi connectivity index (χ4n) is 3.66. The lowest BCUT2D eigenvalue weighted by atomic mass is 9.90. The molecular weight excluding hydrogens is 430 g/mol. The Hall–Kier alpha value is -4.36. The molecule has 4 heterocycles. The Morgan fingerprint density at radius 3 is 2.50 bits per heavy atom. The van der Waals surface area contributed by atoms with E-state index in [1.165, 1.54) is 0 Å². The van der Waals surface area contributed by atoms with Crippen molar-refractivity contribution in [3.05, 3.63) is 54.5 Å². The van der Waals surface area contributed by atoms with Crippen molar-refractivity contribution in [2.24, 2.45) is 5.73 Å². The van der Waals surface area contributed by atoms with Crippen LogP contribution >= 0.6 is 0 Å². The highest BCUT2D eigenvalue weighted by Gasteiger charge is 2.24. The van der Waals surface area contributed by atoms with Gasteiger partial charge in [0.05, 0.1) is 29.1 Å². The van der Waals surface area contributed by atoms with E-state index in [1.807, 2.05) is 44.2 Å². The van der Waals surface area contributed by atoms with Crippen molar-refractivity contribution in [3.8, 4) is 40.4 Å². The van der Waals surface area contributed by atoms with E-state index in [1.54, 1.807) is 18.5 Å². The van der Waals surface area contributed by atoms with Crippen LogP contribution < -0.4 is 16.4 Å². The Bertz CT molecular complexity index is 1380. The molecule has 0 spiro atoms. The predicted octanol–water partition coefficient (Wildman–Crippen LogP) is 2.79. The average Bonchev–Trinajstić information content (AvgIpc) is 3.33. The molecule has 0 saturated carbocycles.